The van der Waals surface area contributed by atoms with Crippen LogP contribution >= 0.6 is 0 Å². The Bertz CT molecular complexity index is 562. The molecule has 1 heterocycles. The van der Waals surface area contributed by atoms with Crippen molar-refractivity contribution in [1.82, 2.24) is 5.32 Å². The minimum absolute atomic E-state index is 0.196. The minimum atomic E-state index is -0.196. The molecule has 0 radical (unpaired) electrons. The van der Waals surface area contributed by atoms with E-state index < -0.39 is 0 Å². The first-order valence-corrected chi connectivity index (χ1v) is 7.19. The summed E-state index contributed by atoms with van der Waals surface area (Å²) in [5, 5.41) is 3.43. The molecule has 0 aliphatic rings. The molecule has 1 aromatic heterocycles. The third-order valence-electron chi connectivity index (χ3n) is 3.44. The molecule has 3 heteroatoms. The van der Waals surface area contributed by atoms with E-state index in [4.69, 9.17) is 4.42 Å². The lowest BCUT2D eigenvalue weighted by Crippen LogP contribution is -2.28. The van der Waals surface area contributed by atoms with E-state index in [1.807, 2.05) is 18.2 Å². The van der Waals surface area contributed by atoms with Gasteiger partial charge in [-0.05, 0) is 50.6 Å². The third kappa shape index (κ3) is 3.48. The second-order valence-electron chi connectivity index (χ2n) is 5.24. The zero-order chi connectivity index (χ0) is 14.5. The van der Waals surface area contributed by atoms with Crippen molar-refractivity contribution in [2.45, 2.75) is 39.7 Å². The van der Waals surface area contributed by atoms with E-state index in [1.165, 1.54) is 6.07 Å². The fraction of sp³-hybridized carbons (Fsp3) is 0.412. The first kappa shape index (κ1) is 14.8. The summed E-state index contributed by atoms with van der Waals surface area (Å²) in [7, 11) is 0. The van der Waals surface area contributed by atoms with Crippen LogP contribution in [0.25, 0.3) is 11.3 Å². The molecule has 2 nitrogen and oxygen atoms in total. The fourth-order valence-corrected chi connectivity index (χ4v) is 2.27. The second kappa shape index (κ2) is 6.71. The van der Waals surface area contributed by atoms with E-state index in [0.717, 1.165) is 36.5 Å². The molecule has 2 aromatic rings. The smallest absolute Gasteiger partial charge is 0.134 e. The molecule has 0 fully saturated rings. The lowest BCUT2D eigenvalue weighted by atomic mass is 10.1. The van der Waals surface area contributed by atoms with Gasteiger partial charge in [-0.1, -0.05) is 19.1 Å². The van der Waals surface area contributed by atoms with Crippen LogP contribution in [0.1, 0.15) is 31.6 Å². The van der Waals surface area contributed by atoms with Crippen molar-refractivity contribution >= 4 is 0 Å². The van der Waals surface area contributed by atoms with Gasteiger partial charge in [0.05, 0.1) is 0 Å². The molecular formula is C17H22FNO. The lowest BCUT2D eigenvalue weighted by molar-refractivity contribution is 0.463. The van der Waals surface area contributed by atoms with Gasteiger partial charge in [-0.3, -0.25) is 0 Å². The van der Waals surface area contributed by atoms with Crippen LogP contribution in [0.5, 0.6) is 0 Å². The van der Waals surface area contributed by atoms with Crippen LogP contribution in [0.4, 0.5) is 4.39 Å². The van der Waals surface area contributed by atoms with Crippen molar-refractivity contribution in [2.75, 3.05) is 6.54 Å². The average molecular weight is 275 g/mol. The van der Waals surface area contributed by atoms with Crippen LogP contribution in [-0.4, -0.2) is 12.6 Å². The Morgan fingerprint density at radius 3 is 2.80 bits per heavy atom. The Labute approximate surface area is 120 Å². The van der Waals surface area contributed by atoms with E-state index in [9.17, 15) is 4.39 Å². The van der Waals surface area contributed by atoms with Crippen LogP contribution in [-0.2, 0) is 6.42 Å². The molecule has 1 N–H and O–H groups in total. The highest BCUT2D eigenvalue weighted by atomic mass is 19.1. The van der Waals surface area contributed by atoms with Crippen molar-refractivity contribution in [3.63, 3.8) is 0 Å². The highest BCUT2D eigenvalue weighted by Gasteiger charge is 2.11. The van der Waals surface area contributed by atoms with Gasteiger partial charge in [-0.2, -0.15) is 0 Å². The molecule has 0 aliphatic heterocycles. The maximum atomic E-state index is 13.6. The normalized spacial score (nSPS) is 12.6. The highest BCUT2D eigenvalue weighted by Crippen LogP contribution is 2.27. The van der Waals surface area contributed by atoms with Gasteiger partial charge in [0.25, 0.3) is 0 Å². The zero-order valence-electron chi connectivity index (χ0n) is 12.4. The Morgan fingerprint density at radius 2 is 2.05 bits per heavy atom. The molecule has 0 spiro atoms. The van der Waals surface area contributed by atoms with Crippen molar-refractivity contribution in [3.05, 3.63) is 47.5 Å². The maximum absolute atomic E-state index is 13.6. The summed E-state index contributed by atoms with van der Waals surface area (Å²) in [4.78, 5) is 0. The Morgan fingerprint density at radius 1 is 1.25 bits per heavy atom. The Hall–Kier alpha value is -1.61. The number of benzene rings is 1. The molecule has 20 heavy (non-hydrogen) atoms. The molecule has 0 amide bonds. The minimum Gasteiger partial charge on any atom is -0.461 e. The summed E-state index contributed by atoms with van der Waals surface area (Å²) in [6.45, 7) is 7.08. The van der Waals surface area contributed by atoms with Gasteiger partial charge in [0, 0.05) is 18.0 Å². The van der Waals surface area contributed by atoms with Gasteiger partial charge in [0.1, 0.15) is 17.3 Å². The lowest BCUT2D eigenvalue weighted by Gasteiger charge is -2.11. The van der Waals surface area contributed by atoms with E-state index in [2.05, 4.69) is 19.2 Å². The largest absolute Gasteiger partial charge is 0.461 e. The number of furan rings is 1. The van der Waals surface area contributed by atoms with E-state index in [0.29, 0.717) is 11.6 Å². The van der Waals surface area contributed by atoms with E-state index in [1.54, 1.807) is 13.0 Å². The predicted octanol–water partition coefficient (Wildman–Crippen LogP) is 4.32. The maximum Gasteiger partial charge on any atom is 0.134 e. The summed E-state index contributed by atoms with van der Waals surface area (Å²) in [6.07, 6.45) is 1.96. The third-order valence-corrected chi connectivity index (χ3v) is 3.44. The summed E-state index contributed by atoms with van der Waals surface area (Å²) < 4.78 is 19.4. The number of hydrogen-bond donors (Lipinski definition) is 1. The number of hydrogen-bond acceptors (Lipinski definition) is 2. The molecule has 0 saturated carbocycles. The Kier molecular flexibility index (Phi) is 4.96. The summed E-state index contributed by atoms with van der Waals surface area (Å²) in [6, 6.07) is 9.35. The quantitative estimate of drug-likeness (QED) is 0.849. The van der Waals surface area contributed by atoms with Gasteiger partial charge in [-0.25, -0.2) is 4.39 Å². The SMILES string of the molecule is CCCNC(C)Cc1ccc(-c2cccc(F)c2C)o1. The molecule has 108 valence electrons. The van der Waals surface area contributed by atoms with Gasteiger partial charge in [0.15, 0.2) is 0 Å². The molecule has 0 bridgehead atoms. The molecule has 2 rings (SSSR count). The van der Waals surface area contributed by atoms with Crippen molar-refractivity contribution in [1.29, 1.82) is 0 Å². The van der Waals surface area contributed by atoms with E-state index in [-0.39, 0.29) is 5.82 Å². The fourth-order valence-electron chi connectivity index (χ4n) is 2.27. The monoisotopic (exact) mass is 275 g/mol. The molecule has 1 aromatic carbocycles. The highest BCUT2D eigenvalue weighted by molar-refractivity contribution is 5.62. The zero-order valence-corrected chi connectivity index (χ0v) is 12.4. The topological polar surface area (TPSA) is 25.2 Å². The van der Waals surface area contributed by atoms with Gasteiger partial charge in [0.2, 0.25) is 0 Å². The number of nitrogens with one attached hydrogen (secondary N) is 1. The molecule has 0 aliphatic carbocycles. The van der Waals surface area contributed by atoms with Crippen LogP contribution in [0.15, 0.2) is 34.7 Å². The van der Waals surface area contributed by atoms with Crippen LogP contribution in [0, 0.1) is 12.7 Å². The van der Waals surface area contributed by atoms with Gasteiger partial charge >= 0.3 is 0 Å². The van der Waals surface area contributed by atoms with Crippen molar-refractivity contribution in [2.24, 2.45) is 0 Å². The molecular weight excluding hydrogens is 253 g/mol. The van der Waals surface area contributed by atoms with E-state index >= 15 is 0 Å². The van der Waals surface area contributed by atoms with Gasteiger partial charge < -0.3 is 9.73 Å². The first-order chi connectivity index (χ1) is 9.61. The second-order valence-corrected chi connectivity index (χ2v) is 5.24. The molecule has 1 unspecified atom stereocenters. The summed E-state index contributed by atoms with van der Waals surface area (Å²) >= 11 is 0. The number of halogens is 1. The first-order valence-electron chi connectivity index (χ1n) is 7.19. The van der Waals surface area contributed by atoms with Gasteiger partial charge in [-0.15, -0.1) is 0 Å². The standard InChI is InChI=1S/C17H22FNO/c1-4-10-19-12(2)11-14-8-9-17(20-14)15-6-5-7-16(18)13(15)3/h5-9,12,19H,4,10-11H2,1-3H3. The summed E-state index contributed by atoms with van der Waals surface area (Å²) in [5.41, 5.74) is 1.45. The average Bonchev–Trinajstić information content (AvgIpc) is 2.88. The number of rotatable bonds is 6. The van der Waals surface area contributed by atoms with Crippen molar-refractivity contribution < 1.29 is 8.81 Å². The van der Waals surface area contributed by atoms with Crippen molar-refractivity contribution in [3.8, 4) is 11.3 Å². The Balaban J connectivity index is 2.11. The predicted molar refractivity (Wildman–Crippen MR) is 80.3 cm³/mol. The van der Waals surface area contributed by atoms with Crippen LogP contribution < -0.4 is 5.32 Å². The summed E-state index contributed by atoms with van der Waals surface area (Å²) in [5.74, 6) is 1.47. The van der Waals surface area contributed by atoms with Crippen LogP contribution in [0.2, 0.25) is 0 Å². The molecule has 0 saturated heterocycles. The molecule has 1 atom stereocenters. The van der Waals surface area contributed by atoms with Crippen LogP contribution in [0.3, 0.4) is 0 Å².